The van der Waals surface area contributed by atoms with Crippen LogP contribution in [0.3, 0.4) is 0 Å². The molecule has 1 aliphatic rings. The quantitative estimate of drug-likeness (QED) is 0.867. The van der Waals surface area contributed by atoms with Crippen molar-refractivity contribution in [3.8, 4) is 0 Å². The number of piperidine rings is 1. The Bertz CT molecular complexity index is 487. The van der Waals surface area contributed by atoms with Crippen LogP contribution in [0, 0.1) is 6.92 Å². The first-order chi connectivity index (χ1) is 8.83. The molecule has 1 aliphatic heterocycles. The molecule has 0 spiro atoms. The SMILES string of the molecule is Cc1cn[nH]c1[C@H]1CCCN(Cc2cnc[nH]2)C1. The smallest absolute Gasteiger partial charge is 0.0922 e. The molecule has 2 aromatic heterocycles. The fourth-order valence-corrected chi connectivity index (χ4v) is 2.82. The number of aromatic nitrogens is 4. The van der Waals surface area contributed by atoms with E-state index in [-0.39, 0.29) is 0 Å². The molecule has 0 aliphatic carbocycles. The van der Waals surface area contributed by atoms with E-state index in [1.807, 2.05) is 12.4 Å². The van der Waals surface area contributed by atoms with Gasteiger partial charge in [0.1, 0.15) is 0 Å². The Morgan fingerprint density at radius 1 is 1.44 bits per heavy atom. The van der Waals surface area contributed by atoms with Gasteiger partial charge in [-0.25, -0.2) is 4.98 Å². The van der Waals surface area contributed by atoms with E-state index in [0.717, 1.165) is 13.1 Å². The van der Waals surface area contributed by atoms with Crippen LogP contribution in [-0.4, -0.2) is 38.2 Å². The predicted molar refractivity (Wildman–Crippen MR) is 69.2 cm³/mol. The highest BCUT2D eigenvalue weighted by Gasteiger charge is 2.23. The fraction of sp³-hybridized carbons (Fsp3) is 0.538. The number of hydrogen-bond donors (Lipinski definition) is 2. The van der Waals surface area contributed by atoms with Gasteiger partial charge >= 0.3 is 0 Å². The number of rotatable bonds is 3. The van der Waals surface area contributed by atoms with E-state index < -0.39 is 0 Å². The maximum absolute atomic E-state index is 4.14. The second kappa shape index (κ2) is 4.94. The number of hydrogen-bond acceptors (Lipinski definition) is 3. The monoisotopic (exact) mass is 245 g/mol. The van der Waals surface area contributed by atoms with Gasteiger partial charge in [-0.05, 0) is 31.9 Å². The molecule has 5 heteroatoms. The Labute approximate surface area is 107 Å². The molecule has 3 heterocycles. The van der Waals surface area contributed by atoms with E-state index >= 15 is 0 Å². The molecule has 2 N–H and O–H groups in total. The van der Waals surface area contributed by atoms with Crippen LogP contribution in [-0.2, 0) is 6.54 Å². The molecular formula is C13H19N5. The van der Waals surface area contributed by atoms with Gasteiger partial charge in [0.05, 0.1) is 12.5 Å². The highest BCUT2D eigenvalue weighted by molar-refractivity contribution is 5.19. The van der Waals surface area contributed by atoms with Crippen LogP contribution < -0.4 is 0 Å². The Balaban J connectivity index is 1.67. The summed E-state index contributed by atoms with van der Waals surface area (Å²) in [6, 6.07) is 0. The number of nitrogens with zero attached hydrogens (tertiary/aromatic N) is 3. The van der Waals surface area contributed by atoms with Crippen LogP contribution in [0.15, 0.2) is 18.7 Å². The van der Waals surface area contributed by atoms with Crippen LogP contribution in [0.4, 0.5) is 0 Å². The minimum atomic E-state index is 0.587. The number of imidazole rings is 1. The highest BCUT2D eigenvalue weighted by atomic mass is 15.2. The van der Waals surface area contributed by atoms with E-state index in [1.165, 1.54) is 36.3 Å². The van der Waals surface area contributed by atoms with E-state index in [9.17, 15) is 0 Å². The van der Waals surface area contributed by atoms with Gasteiger partial charge in [-0.3, -0.25) is 10.00 Å². The maximum atomic E-state index is 4.14. The minimum Gasteiger partial charge on any atom is -0.347 e. The fourth-order valence-electron chi connectivity index (χ4n) is 2.82. The molecule has 0 bridgehead atoms. The van der Waals surface area contributed by atoms with E-state index in [2.05, 4.69) is 32.0 Å². The van der Waals surface area contributed by atoms with Crippen molar-refractivity contribution >= 4 is 0 Å². The lowest BCUT2D eigenvalue weighted by atomic mass is 9.93. The lowest BCUT2D eigenvalue weighted by Crippen LogP contribution is -2.34. The molecule has 0 unspecified atom stereocenters. The minimum absolute atomic E-state index is 0.587. The van der Waals surface area contributed by atoms with Crippen molar-refractivity contribution in [1.82, 2.24) is 25.1 Å². The standard InChI is InChI=1S/C13H19N5/c1-10-5-16-17-13(10)11-3-2-4-18(7-11)8-12-6-14-9-15-12/h5-6,9,11H,2-4,7-8H2,1H3,(H,14,15)(H,16,17)/t11-/m0/s1. The Hall–Kier alpha value is -1.62. The van der Waals surface area contributed by atoms with E-state index in [1.54, 1.807) is 6.33 Å². The van der Waals surface area contributed by atoms with Crippen molar-refractivity contribution in [3.63, 3.8) is 0 Å². The molecule has 1 atom stereocenters. The van der Waals surface area contributed by atoms with Gasteiger partial charge in [0, 0.05) is 36.6 Å². The Kier molecular flexibility index (Phi) is 3.15. The lowest BCUT2D eigenvalue weighted by molar-refractivity contribution is 0.196. The molecule has 0 aromatic carbocycles. The van der Waals surface area contributed by atoms with Gasteiger partial charge in [0.15, 0.2) is 0 Å². The first kappa shape index (κ1) is 11.5. The normalized spacial score (nSPS) is 21.3. The van der Waals surface area contributed by atoms with Crippen LogP contribution in [0.5, 0.6) is 0 Å². The zero-order valence-electron chi connectivity index (χ0n) is 10.7. The first-order valence-electron chi connectivity index (χ1n) is 6.52. The number of nitrogens with one attached hydrogen (secondary N) is 2. The highest BCUT2D eigenvalue weighted by Crippen LogP contribution is 2.27. The Morgan fingerprint density at radius 2 is 2.39 bits per heavy atom. The number of aromatic amines is 2. The van der Waals surface area contributed by atoms with Gasteiger partial charge in [0.2, 0.25) is 0 Å². The van der Waals surface area contributed by atoms with E-state index in [4.69, 9.17) is 0 Å². The van der Waals surface area contributed by atoms with Crippen LogP contribution in [0.2, 0.25) is 0 Å². The van der Waals surface area contributed by atoms with Crippen molar-refractivity contribution in [2.24, 2.45) is 0 Å². The van der Waals surface area contributed by atoms with E-state index in [0.29, 0.717) is 5.92 Å². The number of likely N-dealkylation sites (tertiary alicyclic amines) is 1. The first-order valence-corrected chi connectivity index (χ1v) is 6.52. The van der Waals surface area contributed by atoms with Crippen LogP contribution in [0.25, 0.3) is 0 Å². The van der Waals surface area contributed by atoms with Gasteiger partial charge in [-0.1, -0.05) is 0 Å². The molecular weight excluding hydrogens is 226 g/mol. The average molecular weight is 245 g/mol. The summed E-state index contributed by atoms with van der Waals surface area (Å²) in [4.78, 5) is 9.73. The molecule has 5 nitrogen and oxygen atoms in total. The summed E-state index contributed by atoms with van der Waals surface area (Å²) in [5.41, 5.74) is 3.78. The zero-order valence-corrected chi connectivity index (χ0v) is 10.7. The topological polar surface area (TPSA) is 60.6 Å². The summed E-state index contributed by atoms with van der Waals surface area (Å²) in [6.45, 7) is 5.36. The molecule has 0 radical (unpaired) electrons. The number of H-pyrrole nitrogens is 2. The summed E-state index contributed by atoms with van der Waals surface area (Å²) in [5.74, 6) is 0.587. The predicted octanol–water partition coefficient (Wildman–Crippen LogP) is 1.82. The number of aryl methyl sites for hydroxylation is 1. The van der Waals surface area contributed by atoms with Gasteiger partial charge in [-0.2, -0.15) is 5.10 Å². The zero-order chi connectivity index (χ0) is 12.4. The third kappa shape index (κ3) is 2.31. The molecule has 0 amide bonds. The molecule has 96 valence electrons. The van der Waals surface area contributed by atoms with Crippen molar-refractivity contribution in [1.29, 1.82) is 0 Å². The summed E-state index contributed by atoms with van der Waals surface area (Å²) in [5, 5.41) is 7.30. The van der Waals surface area contributed by atoms with Crippen LogP contribution >= 0.6 is 0 Å². The molecule has 3 rings (SSSR count). The Morgan fingerprint density at radius 3 is 3.11 bits per heavy atom. The average Bonchev–Trinajstić information content (AvgIpc) is 3.01. The maximum Gasteiger partial charge on any atom is 0.0922 e. The second-order valence-corrected chi connectivity index (χ2v) is 5.12. The van der Waals surface area contributed by atoms with Crippen molar-refractivity contribution in [2.45, 2.75) is 32.2 Å². The second-order valence-electron chi connectivity index (χ2n) is 5.12. The summed E-state index contributed by atoms with van der Waals surface area (Å²) in [7, 11) is 0. The van der Waals surface area contributed by atoms with Gasteiger partial charge in [-0.15, -0.1) is 0 Å². The van der Waals surface area contributed by atoms with Crippen molar-refractivity contribution in [3.05, 3.63) is 35.7 Å². The molecule has 2 aromatic rings. The van der Waals surface area contributed by atoms with Gasteiger partial charge < -0.3 is 4.98 Å². The lowest BCUT2D eigenvalue weighted by Gasteiger charge is -2.32. The third-order valence-corrected chi connectivity index (χ3v) is 3.73. The summed E-state index contributed by atoms with van der Waals surface area (Å²) >= 11 is 0. The third-order valence-electron chi connectivity index (χ3n) is 3.73. The van der Waals surface area contributed by atoms with Crippen molar-refractivity contribution in [2.75, 3.05) is 13.1 Å². The van der Waals surface area contributed by atoms with Crippen molar-refractivity contribution < 1.29 is 0 Å². The van der Waals surface area contributed by atoms with Gasteiger partial charge in [0.25, 0.3) is 0 Å². The molecule has 1 saturated heterocycles. The summed E-state index contributed by atoms with van der Waals surface area (Å²) < 4.78 is 0. The molecule has 0 saturated carbocycles. The largest absolute Gasteiger partial charge is 0.347 e. The summed E-state index contributed by atoms with van der Waals surface area (Å²) in [6.07, 6.45) is 8.07. The van der Waals surface area contributed by atoms with Crippen LogP contribution in [0.1, 0.15) is 35.7 Å². The molecule has 18 heavy (non-hydrogen) atoms. The molecule has 1 fully saturated rings.